The molecule has 0 radical (unpaired) electrons. The van der Waals surface area contributed by atoms with Gasteiger partial charge in [0.15, 0.2) is 5.78 Å². The smallest absolute Gasteiger partial charge is 0.193 e. The summed E-state index contributed by atoms with van der Waals surface area (Å²) in [6.07, 6.45) is 0. The predicted octanol–water partition coefficient (Wildman–Crippen LogP) is 4.75. The molecule has 24 heavy (non-hydrogen) atoms. The summed E-state index contributed by atoms with van der Waals surface area (Å²) in [5.41, 5.74) is 2.96. The zero-order valence-corrected chi connectivity index (χ0v) is 14.1. The fraction of sp³-hybridized carbons (Fsp3) is 0.158. The second-order valence-corrected chi connectivity index (χ2v) is 5.89. The monoisotopic (exact) mass is 341 g/mol. The second-order valence-electron chi connectivity index (χ2n) is 5.45. The van der Waals surface area contributed by atoms with Gasteiger partial charge < -0.3 is 9.26 Å². The van der Waals surface area contributed by atoms with E-state index in [9.17, 15) is 4.79 Å². The molecule has 0 spiro atoms. The van der Waals surface area contributed by atoms with Crippen LogP contribution in [-0.4, -0.2) is 10.9 Å². The Kier molecular flexibility index (Phi) is 4.67. The lowest BCUT2D eigenvalue weighted by Crippen LogP contribution is -2.02. The molecule has 0 N–H and O–H groups in total. The average molecular weight is 342 g/mol. The number of halogens is 1. The molecule has 3 aromatic rings. The summed E-state index contributed by atoms with van der Waals surface area (Å²) in [5, 5.41) is 4.50. The van der Waals surface area contributed by atoms with Gasteiger partial charge in [-0.25, -0.2) is 0 Å². The number of aromatic nitrogens is 1. The first-order valence-corrected chi connectivity index (χ1v) is 7.87. The highest BCUT2D eigenvalue weighted by molar-refractivity contribution is 6.30. The van der Waals surface area contributed by atoms with Crippen LogP contribution in [0.3, 0.4) is 0 Å². The fourth-order valence-electron chi connectivity index (χ4n) is 2.33. The molecule has 122 valence electrons. The summed E-state index contributed by atoms with van der Waals surface area (Å²) >= 11 is 5.84. The van der Waals surface area contributed by atoms with E-state index in [1.807, 2.05) is 13.8 Å². The van der Waals surface area contributed by atoms with Crippen LogP contribution < -0.4 is 4.74 Å². The van der Waals surface area contributed by atoms with Gasteiger partial charge in [0.2, 0.25) is 0 Å². The fourth-order valence-corrected chi connectivity index (χ4v) is 2.46. The molecule has 0 saturated carbocycles. The second kappa shape index (κ2) is 6.89. The Bertz CT molecular complexity index is 832. The number of rotatable bonds is 5. The summed E-state index contributed by atoms with van der Waals surface area (Å²) in [6, 6.07) is 13.9. The van der Waals surface area contributed by atoms with E-state index in [1.165, 1.54) is 0 Å². The van der Waals surface area contributed by atoms with Gasteiger partial charge in [-0.1, -0.05) is 16.8 Å². The maximum absolute atomic E-state index is 12.4. The molecule has 5 heteroatoms. The van der Waals surface area contributed by atoms with Crippen LogP contribution in [0.5, 0.6) is 5.75 Å². The standard InChI is InChI=1S/C19H16ClNO3/c1-12-18(13(2)24-21-12)11-23-17-9-5-15(6-10-17)19(22)14-3-7-16(20)8-4-14/h3-10H,11H2,1-2H3. The molecule has 0 bridgehead atoms. The Balaban J connectivity index is 1.69. The van der Waals surface area contributed by atoms with Crippen molar-refractivity contribution < 1.29 is 14.1 Å². The summed E-state index contributed by atoms with van der Waals surface area (Å²) in [4.78, 5) is 12.4. The molecule has 2 aromatic carbocycles. The highest BCUT2D eigenvalue weighted by atomic mass is 35.5. The molecule has 3 rings (SSSR count). The van der Waals surface area contributed by atoms with Crippen molar-refractivity contribution >= 4 is 17.4 Å². The van der Waals surface area contributed by atoms with Crippen LogP contribution in [-0.2, 0) is 6.61 Å². The maximum atomic E-state index is 12.4. The molecule has 0 saturated heterocycles. The first-order valence-electron chi connectivity index (χ1n) is 7.49. The van der Waals surface area contributed by atoms with Crippen molar-refractivity contribution in [2.24, 2.45) is 0 Å². The Labute approximate surface area is 145 Å². The summed E-state index contributed by atoms with van der Waals surface area (Å²) < 4.78 is 10.8. The van der Waals surface area contributed by atoms with Crippen LogP contribution in [0.15, 0.2) is 53.1 Å². The van der Waals surface area contributed by atoms with Gasteiger partial charge in [-0.2, -0.15) is 0 Å². The van der Waals surface area contributed by atoms with Gasteiger partial charge >= 0.3 is 0 Å². The van der Waals surface area contributed by atoms with Gasteiger partial charge in [0, 0.05) is 16.1 Å². The van der Waals surface area contributed by atoms with Gasteiger partial charge in [-0.05, 0) is 62.4 Å². The molecule has 0 unspecified atom stereocenters. The third-order valence-electron chi connectivity index (χ3n) is 3.79. The Morgan fingerprint density at radius 3 is 2.17 bits per heavy atom. The molecular formula is C19H16ClNO3. The van der Waals surface area contributed by atoms with Gasteiger partial charge in [0.05, 0.1) is 11.3 Å². The maximum Gasteiger partial charge on any atom is 0.193 e. The number of hydrogen-bond donors (Lipinski definition) is 0. The molecule has 0 aliphatic rings. The van der Waals surface area contributed by atoms with Crippen LogP contribution in [0.2, 0.25) is 5.02 Å². The number of hydrogen-bond acceptors (Lipinski definition) is 4. The number of carbonyl (C=O) groups excluding carboxylic acids is 1. The molecule has 4 nitrogen and oxygen atoms in total. The lowest BCUT2D eigenvalue weighted by atomic mass is 10.0. The SMILES string of the molecule is Cc1noc(C)c1COc1ccc(C(=O)c2ccc(Cl)cc2)cc1. The number of nitrogens with zero attached hydrogens (tertiary/aromatic N) is 1. The molecule has 1 heterocycles. The van der Waals surface area contributed by atoms with E-state index >= 15 is 0 Å². The van der Waals surface area contributed by atoms with E-state index in [1.54, 1.807) is 48.5 Å². The van der Waals surface area contributed by atoms with Gasteiger partial charge in [0.25, 0.3) is 0 Å². The van der Waals surface area contributed by atoms with E-state index in [2.05, 4.69) is 5.16 Å². The average Bonchev–Trinajstić information content (AvgIpc) is 2.92. The largest absolute Gasteiger partial charge is 0.489 e. The van der Waals surface area contributed by atoms with E-state index in [4.69, 9.17) is 20.9 Å². The minimum Gasteiger partial charge on any atom is -0.489 e. The van der Waals surface area contributed by atoms with Crippen molar-refractivity contribution in [3.05, 3.63) is 81.7 Å². The highest BCUT2D eigenvalue weighted by Gasteiger charge is 2.11. The van der Waals surface area contributed by atoms with E-state index in [0.717, 1.165) is 17.0 Å². The van der Waals surface area contributed by atoms with Crippen LogP contribution in [0.4, 0.5) is 0 Å². The summed E-state index contributed by atoms with van der Waals surface area (Å²) in [7, 11) is 0. The molecule has 0 amide bonds. The van der Waals surface area contributed by atoms with Gasteiger partial charge in [0.1, 0.15) is 18.1 Å². The first-order chi connectivity index (χ1) is 11.5. The first kappa shape index (κ1) is 16.3. The molecule has 0 atom stereocenters. The van der Waals surface area contributed by atoms with Gasteiger partial charge in [-0.3, -0.25) is 4.79 Å². The number of aryl methyl sites for hydroxylation is 2. The Hall–Kier alpha value is -2.59. The van der Waals surface area contributed by atoms with Gasteiger partial charge in [-0.15, -0.1) is 0 Å². The van der Waals surface area contributed by atoms with Crippen LogP contribution in [0, 0.1) is 13.8 Å². The molecular weight excluding hydrogens is 326 g/mol. The lowest BCUT2D eigenvalue weighted by molar-refractivity contribution is 0.103. The zero-order valence-electron chi connectivity index (χ0n) is 13.4. The topological polar surface area (TPSA) is 52.3 Å². The van der Waals surface area contributed by atoms with Crippen LogP contribution >= 0.6 is 11.6 Å². The number of ketones is 1. The molecule has 0 aliphatic heterocycles. The van der Waals surface area contributed by atoms with Crippen molar-refractivity contribution in [2.75, 3.05) is 0 Å². The third kappa shape index (κ3) is 3.49. The quantitative estimate of drug-likeness (QED) is 0.628. The Morgan fingerprint density at radius 1 is 1.04 bits per heavy atom. The minimum absolute atomic E-state index is 0.0519. The van der Waals surface area contributed by atoms with Crippen LogP contribution in [0.1, 0.15) is 32.9 Å². The normalized spacial score (nSPS) is 10.6. The Morgan fingerprint density at radius 2 is 1.62 bits per heavy atom. The minimum atomic E-state index is -0.0519. The number of ether oxygens (including phenoxy) is 1. The molecule has 1 aromatic heterocycles. The van der Waals surface area contributed by atoms with E-state index in [-0.39, 0.29) is 5.78 Å². The van der Waals surface area contributed by atoms with E-state index in [0.29, 0.717) is 28.5 Å². The van der Waals surface area contributed by atoms with Crippen molar-refractivity contribution in [1.82, 2.24) is 5.16 Å². The third-order valence-corrected chi connectivity index (χ3v) is 4.04. The molecule has 0 aliphatic carbocycles. The highest BCUT2D eigenvalue weighted by Crippen LogP contribution is 2.20. The van der Waals surface area contributed by atoms with Crippen molar-refractivity contribution in [2.45, 2.75) is 20.5 Å². The summed E-state index contributed by atoms with van der Waals surface area (Å²) in [6.45, 7) is 4.11. The summed E-state index contributed by atoms with van der Waals surface area (Å²) in [5.74, 6) is 1.38. The predicted molar refractivity (Wildman–Crippen MR) is 91.6 cm³/mol. The van der Waals surface area contributed by atoms with Crippen molar-refractivity contribution in [3.63, 3.8) is 0 Å². The number of carbonyl (C=O) groups is 1. The van der Waals surface area contributed by atoms with E-state index < -0.39 is 0 Å². The molecule has 0 fully saturated rings. The lowest BCUT2D eigenvalue weighted by Gasteiger charge is -2.07. The zero-order chi connectivity index (χ0) is 17.1. The van der Waals surface area contributed by atoms with Crippen LogP contribution in [0.25, 0.3) is 0 Å². The van der Waals surface area contributed by atoms with Crippen molar-refractivity contribution in [1.29, 1.82) is 0 Å². The van der Waals surface area contributed by atoms with Crippen molar-refractivity contribution in [3.8, 4) is 5.75 Å². The number of benzene rings is 2.